The highest BCUT2D eigenvalue weighted by atomic mass is 79.9. The van der Waals surface area contributed by atoms with E-state index in [-0.39, 0.29) is 0 Å². The maximum absolute atomic E-state index is 4.55. The van der Waals surface area contributed by atoms with Crippen molar-refractivity contribution in [2.75, 3.05) is 18.0 Å². The molecule has 0 saturated carbocycles. The van der Waals surface area contributed by atoms with Crippen LogP contribution in [0.2, 0.25) is 0 Å². The van der Waals surface area contributed by atoms with E-state index in [0.29, 0.717) is 0 Å². The molecule has 3 rings (SSSR count). The first-order valence-electron chi connectivity index (χ1n) is 5.48. The highest BCUT2D eigenvalue weighted by Crippen LogP contribution is 2.26. The Labute approximate surface area is 102 Å². The molecule has 0 radical (unpaired) electrons. The molecule has 84 valence electrons. The standard InChI is InChI=1S/C11H13BrN4/c1-8-2-4-15(6-8)11-10-13-3-5-16(10)7-9(12)14-11/h3,5,7-8H,2,4,6H2,1H3. The van der Waals surface area contributed by atoms with Crippen LogP contribution in [-0.4, -0.2) is 27.5 Å². The van der Waals surface area contributed by atoms with Crippen molar-refractivity contribution in [3.63, 3.8) is 0 Å². The van der Waals surface area contributed by atoms with Crippen LogP contribution in [0.5, 0.6) is 0 Å². The fraction of sp³-hybridized carbons (Fsp3) is 0.455. The molecule has 1 unspecified atom stereocenters. The lowest BCUT2D eigenvalue weighted by Gasteiger charge is -2.17. The van der Waals surface area contributed by atoms with Crippen LogP contribution in [0, 0.1) is 5.92 Å². The van der Waals surface area contributed by atoms with Crippen molar-refractivity contribution in [2.24, 2.45) is 5.92 Å². The first-order valence-corrected chi connectivity index (χ1v) is 6.27. The molecule has 2 aromatic heterocycles. The predicted molar refractivity (Wildman–Crippen MR) is 66.7 cm³/mol. The SMILES string of the molecule is CC1CCN(c2nc(Br)cn3ccnc23)C1. The van der Waals surface area contributed by atoms with E-state index in [2.05, 4.69) is 37.7 Å². The number of hydrogen-bond acceptors (Lipinski definition) is 3. The van der Waals surface area contributed by atoms with Crippen molar-refractivity contribution >= 4 is 27.4 Å². The number of nitrogens with zero attached hydrogens (tertiary/aromatic N) is 4. The molecule has 3 heterocycles. The minimum absolute atomic E-state index is 0.746. The van der Waals surface area contributed by atoms with Gasteiger partial charge in [0, 0.05) is 31.7 Å². The Bertz CT molecular complexity index is 522. The van der Waals surface area contributed by atoms with E-state index in [9.17, 15) is 0 Å². The lowest BCUT2D eigenvalue weighted by Crippen LogP contribution is -2.21. The summed E-state index contributed by atoms with van der Waals surface area (Å²) >= 11 is 3.44. The largest absolute Gasteiger partial charge is 0.353 e. The van der Waals surface area contributed by atoms with E-state index in [1.54, 1.807) is 0 Å². The van der Waals surface area contributed by atoms with Gasteiger partial charge in [0.2, 0.25) is 0 Å². The molecule has 16 heavy (non-hydrogen) atoms. The molecule has 2 aromatic rings. The first kappa shape index (κ1) is 10.1. The molecule has 4 nitrogen and oxygen atoms in total. The maximum atomic E-state index is 4.55. The van der Waals surface area contributed by atoms with Gasteiger partial charge < -0.3 is 9.30 Å². The Morgan fingerprint density at radius 3 is 3.12 bits per heavy atom. The molecule has 0 bridgehead atoms. The number of imidazole rings is 1. The van der Waals surface area contributed by atoms with Crippen LogP contribution in [0.1, 0.15) is 13.3 Å². The zero-order valence-corrected chi connectivity index (χ0v) is 10.7. The smallest absolute Gasteiger partial charge is 0.180 e. The van der Waals surface area contributed by atoms with Crippen molar-refractivity contribution in [1.82, 2.24) is 14.4 Å². The fourth-order valence-electron chi connectivity index (χ4n) is 2.22. The first-order chi connectivity index (χ1) is 7.74. The van der Waals surface area contributed by atoms with Gasteiger partial charge in [-0.15, -0.1) is 0 Å². The number of fused-ring (bicyclic) bond motifs is 1. The Hall–Kier alpha value is -1.10. The normalized spacial score (nSPS) is 20.9. The third kappa shape index (κ3) is 1.59. The maximum Gasteiger partial charge on any atom is 0.180 e. The molecule has 1 aliphatic rings. The lowest BCUT2D eigenvalue weighted by molar-refractivity contribution is 0.659. The third-order valence-electron chi connectivity index (χ3n) is 3.05. The minimum atomic E-state index is 0.746. The lowest BCUT2D eigenvalue weighted by atomic mass is 10.2. The minimum Gasteiger partial charge on any atom is -0.353 e. The molecule has 1 fully saturated rings. The van der Waals surface area contributed by atoms with Crippen molar-refractivity contribution in [2.45, 2.75) is 13.3 Å². The van der Waals surface area contributed by atoms with Crippen molar-refractivity contribution < 1.29 is 0 Å². The monoisotopic (exact) mass is 280 g/mol. The summed E-state index contributed by atoms with van der Waals surface area (Å²) in [5.41, 5.74) is 0.942. The van der Waals surface area contributed by atoms with E-state index in [1.165, 1.54) is 6.42 Å². The summed E-state index contributed by atoms with van der Waals surface area (Å²) in [5, 5.41) is 0. The van der Waals surface area contributed by atoms with Gasteiger partial charge in [-0.25, -0.2) is 9.97 Å². The van der Waals surface area contributed by atoms with Crippen LogP contribution < -0.4 is 4.90 Å². The zero-order valence-electron chi connectivity index (χ0n) is 9.10. The van der Waals surface area contributed by atoms with Gasteiger partial charge in [0.05, 0.1) is 0 Å². The number of anilines is 1. The van der Waals surface area contributed by atoms with Crippen molar-refractivity contribution in [3.8, 4) is 0 Å². The summed E-state index contributed by atoms with van der Waals surface area (Å²) in [5.74, 6) is 1.74. The van der Waals surface area contributed by atoms with E-state index in [4.69, 9.17) is 0 Å². The van der Waals surface area contributed by atoms with E-state index in [0.717, 1.165) is 35.1 Å². The second kappa shape index (κ2) is 3.73. The highest BCUT2D eigenvalue weighted by Gasteiger charge is 2.22. The van der Waals surface area contributed by atoms with Gasteiger partial charge in [-0.3, -0.25) is 0 Å². The van der Waals surface area contributed by atoms with Gasteiger partial charge >= 0.3 is 0 Å². The molecular formula is C11H13BrN4. The summed E-state index contributed by atoms with van der Waals surface area (Å²) in [6.45, 7) is 4.43. The van der Waals surface area contributed by atoms with Crippen LogP contribution in [0.4, 0.5) is 5.82 Å². The predicted octanol–water partition coefficient (Wildman–Crippen LogP) is 2.34. The van der Waals surface area contributed by atoms with Crippen LogP contribution in [0.25, 0.3) is 5.65 Å². The summed E-state index contributed by atoms with van der Waals surface area (Å²) in [4.78, 5) is 11.2. The third-order valence-corrected chi connectivity index (χ3v) is 3.43. The van der Waals surface area contributed by atoms with Crippen LogP contribution in [-0.2, 0) is 0 Å². The summed E-state index contributed by atoms with van der Waals surface area (Å²) in [6, 6.07) is 0. The molecule has 0 spiro atoms. The number of aromatic nitrogens is 3. The van der Waals surface area contributed by atoms with Crippen LogP contribution >= 0.6 is 15.9 Å². The Morgan fingerprint density at radius 2 is 2.38 bits per heavy atom. The summed E-state index contributed by atoms with van der Waals surface area (Å²) < 4.78 is 2.86. The van der Waals surface area contributed by atoms with Gasteiger partial charge in [0.15, 0.2) is 11.5 Å². The Morgan fingerprint density at radius 1 is 1.50 bits per heavy atom. The molecule has 1 atom stereocenters. The number of rotatable bonds is 1. The van der Waals surface area contributed by atoms with Gasteiger partial charge in [-0.2, -0.15) is 0 Å². The molecule has 0 amide bonds. The average Bonchev–Trinajstić information content (AvgIpc) is 2.84. The molecule has 5 heteroatoms. The molecule has 0 aromatic carbocycles. The Kier molecular flexibility index (Phi) is 2.35. The molecular weight excluding hydrogens is 268 g/mol. The highest BCUT2D eigenvalue weighted by molar-refractivity contribution is 9.10. The second-order valence-electron chi connectivity index (χ2n) is 4.39. The van der Waals surface area contributed by atoms with Crippen molar-refractivity contribution in [1.29, 1.82) is 0 Å². The molecule has 1 aliphatic heterocycles. The Balaban J connectivity index is 2.11. The number of hydrogen-bond donors (Lipinski definition) is 0. The molecule has 1 saturated heterocycles. The van der Waals surface area contributed by atoms with Gasteiger partial charge in [-0.1, -0.05) is 6.92 Å². The van der Waals surface area contributed by atoms with E-state index >= 15 is 0 Å². The fourth-order valence-corrected chi connectivity index (χ4v) is 2.61. The van der Waals surface area contributed by atoms with Gasteiger partial charge in [0.1, 0.15) is 4.60 Å². The average molecular weight is 281 g/mol. The quantitative estimate of drug-likeness (QED) is 0.804. The van der Waals surface area contributed by atoms with Crippen LogP contribution in [0.15, 0.2) is 23.2 Å². The van der Waals surface area contributed by atoms with Crippen LogP contribution in [0.3, 0.4) is 0 Å². The summed E-state index contributed by atoms with van der Waals surface area (Å²) in [7, 11) is 0. The molecule has 0 aliphatic carbocycles. The van der Waals surface area contributed by atoms with Gasteiger partial charge in [-0.05, 0) is 28.3 Å². The number of halogens is 1. The van der Waals surface area contributed by atoms with E-state index in [1.807, 2.05) is 23.0 Å². The summed E-state index contributed by atoms with van der Waals surface area (Å²) in [6.07, 6.45) is 6.93. The topological polar surface area (TPSA) is 33.4 Å². The second-order valence-corrected chi connectivity index (χ2v) is 5.20. The van der Waals surface area contributed by atoms with Crippen molar-refractivity contribution in [3.05, 3.63) is 23.2 Å². The zero-order chi connectivity index (χ0) is 11.1. The van der Waals surface area contributed by atoms with Gasteiger partial charge in [0.25, 0.3) is 0 Å². The van der Waals surface area contributed by atoms with E-state index < -0.39 is 0 Å². The molecule has 0 N–H and O–H groups in total.